The predicted molar refractivity (Wildman–Crippen MR) is 86.4 cm³/mol. The topological polar surface area (TPSA) is 0 Å². The van der Waals surface area contributed by atoms with Crippen LogP contribution in [-0.4, -0.2) is 15.2 Å². The fourth-order valence-electron chi connectivity index (χ4n) is 2.34. The van der Waals surface area contributed by atoms with Gasteiger partial charge in [-0.3, -0.25) is 0 Å². The summed E-state index contributed by atoms with van der Waals surface area (Å²) in [5.74, 6) is 0. The molecule has 0 unspecified atom stereocenters. The fourth-order valence-corrected chi connectivity index (χ4v) is 10.9. The first-order chi connectivity index (χ1) is 8.46. The van der Waals surface area contributed by atoms with Gasteiger partial charge in [-0.05, 0) is 11.3 Å². The van der Waals surface area contributed by atoms with E-state index in [0.717, 1.165) is 0 Å². The van der Waals surface area contributed by atoms with Crippen molar-refractivity contribution in [2.45, 2.75) is 26.2 Å². The van der Waals surface area contributed by atoms with Gasteiger partial charge in [-0.15, -0.1) is 23.1 Å². The molecule has 2 rings (SSSR count). The summed E-state index contributed by atoms with van der Waals surface area (Å²) in [4.78, 5) is 0. The van der Waals surface area contributed by atoms with Crippen molar-refractivity contribution in [2.24, 2.45) is 0 Å². The monoisotopic (exact) mass is 269 g/mol. The molecule has 0 N–H and O–H groups in total. The molecule has 0 heterocycles. The first kappa shape index (κ1) is 13.2. The Bertz CT molecular complexity index is 519. The summed E-state index contributed by atoms with van der Waals surface area (Å²) in [5.41, 5.74) is 3.46. The minimum absolute atomic E-state index is 1.45. The zero-order chi connectivity index (χ0) is 13.2. The van der Waals surface area contributed by atoms with Crippen molar-refractivity contribution in [3.63, 3.8) is 0 Å². The fraction of sp³-hybridized carbons (Fsp3) is 0.250. The standard InChI is InChI=1S/C16H21Si2/c1-17(2,15-11-7-5-6-8-12-15)18(3,4)16-13-9-10-14-16/h5-13H,1-4H3/q-1. The molecule has 0 fully saturated rings. The third kappa shape index (κ3) is 2.19. The lowest BCUT2D eigenvalue weighted by Gasteiger charge is -2.43. The molecule has 0 amide bonds. The van der Waals surface area contributed by atoms with E-state index >= 15 is 0 Å². The molecule has 2 aliphatic carbocycles. The highest BCUT2D eigenvalue weighted by atomic mass is 29.3. The summed E-state index contributed by atoms with van der Waals surface area (Å²) in [7, 11) is -2.90. The summed E-state index contributed by atoms with van der Waals surface area (Å²) in [6.45, 7) is 10.0. The molecule has 0 saturated carbocycles. The van der Waals surface area contributed by atoms with Gasteiger partial charge in [0.2, 0.25) is 0 Å². The molecular weight excluding hydrogens is 248 g/mol. The second kappa shape index (κ2) is 4.81. The molecule has 0 aliphatic heterocycles. The Hall–Kier alpha value is -1.22. The van der Waals surface area contributed by atoms with Gasteiger partial charge in [0.1, 0.15) is 0 Å². The van der Waals surface area contributed by atoms with Crippen LogP contribution in [0.25, 0.3) is 0 Å². The molecule has 0 aromatic rings. The Labute approximate surface area is 113 Å². The smallest absolute Gasteiger partial charge is 0.0759 e. The molecule has 0 radical (unpaired) electrons. The quantitative estimate of drug-likeness (QED) is 0.403. The number of rotatable bonds is 3. The van der Waals surface area contributed by atoms with Crippen molar-refractivity contribution in [2.75, 3.05) is 0 Å². The molecule has 94 valence electrons. The van der Waals surface area contributed by atoms with E-state index in [1.54, 1.807) is 5.20 Å². The molecule has 0 bridgehead atoms. The average molecular weight is 270 g/mol. The van der Waals surface area contributed by atoms with Gasteiger partial charge in [0.25, 0.3) is 0 Å². The minimum atomic E-state index is -1.46. The molecule has 0 saturated heterocycles. The molecule has 2 heteroatoms. The normalized spacial score (nSPS) is 18.4. The van der Waals surface area contributed by atoms with Crippen LogP contribution >= 0.6 is 0 Å². The lowest BCUT2D eigenvalue weighted by molar-refractivity contribution is 1.64. The van der Waals surface area contributed by atoms with Crippen molar-refractivity contribution in [3.05, 3.63) is 71.2 Å². The summed E-state index contributed by atoms with van der Waals surface area (Å²) >= 11 is 0. The van der Waals surface area contributed by atoms with E-state index < -0.39 is 15.2 Å². The maximum absolute atomic E-state index is 3.46. The second-order valence-electron chi connectivity index (χ2n) is 5.89. The van der Waals surface area contributed by atoms with E-state index in [0.29, 0.717) is 0 Å². The van der Waals surface area contributed by atoms with Crippen molar-refractivity contribution in [1.29, 1.82) is 0 Å². The van der Waals surface area contributed by atoms with Crippen LogP contribution in [0.4, 0.5) is 0 Å². The third-order valence-corrected chi connectivity index (χ3v) is 22.0. The van der Waals surface area contributed by atoms with Gasteiger partial charge in [0.05, 0.1) is 7.59 Å². The van der Waals surface area contributed by atoms with Crippen LogP contribution in [0.1, 0.15) is 0 Å². The largest absolute Gasteiger partial charge is 0.172 e. The molecule has 0 aromatic carbocycles. The lowest BCUT2D eigenvalue weighted by atomic mass is 10.4. The van der Waals surface area contributed by atoms with Crippen molar-refractivity contribution in [3.8, 4) is 0 Å². The van der Waals surface area contributed by atoms with Crippen LogP contribution in [0.2, 0.25) is 26.2 Å². The molecule has 0 nitrogen and oxygen atoms in total. The van der Waals surface area contributed by atoms with Gasteiger partial charge in [0.15, 0.2) is 0 Å². The predicted octanol–water partition coefficient (Wildman–Crippen LogP) is 4.47. The van der Waals surface area contributed by atoms with Gasteiger partial charge in [-0.1, -0.05) is 38.3 Å². The van der Waals surface area contributed by atoms with E-state index in [9.17, 15) is 0 Å². The van der Waals surface area contributed by atoms with Crippen LogP contribution in [0.15, 0.2) is 64.7 Å². The number of hydrogen-bond donors (Lipinski definition) is 0. The molecule has 0 atom stereocenters. The summed E-state index contributed by atoms with van der Waals surface area (Å²) in [5, 5.41) is 3.03. The van der Waals surface area contributed by atoms with Crippen LogP contribution in [-0.2, 0) is 0 Å². The summed E-state index contributed by atoms with van der Waals surface area (Å²) in [6, 6.07) is 0. The van der Waals surface area contributed by atoms with E-state index in [-0.39, 0.29) is 0 Å². The first-order valence-electron chi connectivity index (χ1n) is 6.49. The molecule has 0 aromatic heterocycles. The SMILES string of the molecule is C[Si](C)(C1=C=CC=C1)[Si](C)(C)C1=C[CH-]C=CC=C1. The van der Waals surface area contributed by atoms with Crippen molar-refractivity contribution in [1.82, 2.24) is 0 Å². The lowest BCUT2D eigenvalue weighted by Crippen LogP contribution is -2.57. The Morgan fingerprint density at radius 3 is 2.39 bits per heavy atom. The van der Waals surface area contributed by atoms with Crippen LogP contribution < -0.4 is 0 Å². The molecule has 0 spiro atoms. The number of hydrogen-bond acceptors (Lipinski definition) is 0. The van der Waals surface area contributed by atoms with Gasteiger partial charge in [-0.25, -0.2) is 0 Å². The zero-order valence-corrected chi connectivity index (χ0v) is 13.7. The van der Waals surface area contributed by atoms with Crippen LogP contribution in [0.3, 0.4) is 0 Å². The van der Waals surface area contributed by atoms with Gasteiger partial charge >= 0.3 is 0 Å². The highest BCUT2D eigenvalue weighted by molar-refractivity contribution is 7.46. The Kier molecular flexibility index (Phi) is 3.53. The maximum atomic E-state index is 3.46. The van der Waals surface area contributed by atoms with E-state index in [1.165, 1.54) is 5.20 Å². The highest BCUT2D eigenvalue weighted by Gasteiger charge is 2.42. The Morgan fingerprint density at radius 1 is 0.944 bits per heavy atom. The summed E-state index contributed by atoms with van der Waals surface area (Å²) < 4.78 is 0. The van der Waals surface area contributed by atoms with E-state index in [1.807, 2.05) is 0 Å². The Morgan fingerprint density at radius 2 is 1.72 bits per heavy atom. The average Bonchev–Trinajstić information content (AvgIpc) is 2.72. The summed E-state index contributed by atoms with van der Waals surface area (Å²) in [6.07, 6.45) is 19.6. The van der Waals surface area contributed by atoms with Crippen molar-refractivity contribution >= 4 is 15.2 Å². The molecular formula is C16H21Si2-. The van der Waals surface area contributed by atoms with Gasteiger partial charge in [-0.2, -0.15) is 24.6 Å². The second-order valence-corrected chi connectivity index (χ2v) is 21.0. The Balaban J connectivity index is 2.38. The van der Waals surface area contributed by atoms with Gasteiger partial charge in [0, 0.05) is 7.59 Å². The molecule has 18 heavy (non-hydrogen) atoms. The highest BCUT2D eigenvalue weighted by Crippen LogP contribution is 2.34. The van der Waals surface area contributed by atoms with E-state index in [4.69, 9.17) is 0 Å². The van der Waals surface area contributed by atoms with Crippen LogP contribution in [0, 0.1) is 6.42 Å². The third-order valence-electron chi connectivity index (χ3n) is 4.44. The zero-order valence-electron chi connectivity index (χ0n) is 11.7. The van der Waals surface area contributed by atoms with Gasteiger partial charge < -0.3 is 0 Å². The van der Waals surface area contributed by atoms with E-state index in [2.05, 4.69) is 86.9 Å². The first-order valence-corrected chi connectivity index (χ1v) is 13.5. The minimum Gasteiger partial charge on any atom is -0.172 e. The maximum Gasteiger partial charge on any atom is 0.0759 e. The number of allylic oxidation sites excluding steroid dienone is 9. The van der Waals surface area contributed by atoms with Crippen molar-refractivity contribution < 1.29 is 0 Å². The molecule has 2 aliphatic rings. The van der Waals surface area contributed by atoms with Crippen LogP contribution in [0.5, 0.6) is 0 Å².